The zero-order chi connectivity index (χ0) is 15.6. The molecule has 0 heterocycles. The average Bonchev–Trinajstić information content (AvgIpc) is 2.90. The van der Waals surface area contributed by atoms with Crippen molar-refractivity contribution in [1.29, 1.82) is 0 Å². The zero-order valence-corrected chi connectivity index (χ0v) is 14.9. The fraction of sp³-hybridized carbons (Fsp3) is 0.462. The van der Waals surface area contributed by atoms with Crippen LogP contribution >= 0.6 is 38.2 Å². The van der Waals surface area contributed by atoms with Crippen LogP contribution in [0.15, 0.2) is 21.5 Å². The lowest BCUT2D eigenvalue weighted by atomic mass is 10.1. The number of carbonyl (C=O) groups excluding carboxylic acids is 1. The van der Waals surface area contributed by atoms with Crippen molar-refractivity contribution >= 4 is 53.2 Å². The van der Waals surface area contributed by atoms with Gasteiger partial charge in [0.25, 0.3) is 15.0 Å². The monoisotopic (exact) mass is 413 g/mol. The van der Waals surface area contributed by atoms with Crippen LogP contribution in [0.5, 0.6) is 0 Å². The summed E-state index contributed by atoms with van der Waals surface area (Å²) in [4.78, 5) is 11.9. The van der Waals surface area contributed by atoms with E-state index in [2.05, 4.69) is 21.2 Å². The van der Waals surface area contributed by atoms with Gasteiger partial charge < -0.3 is 5.32 Å². The van der Waals surface area contributed by atoms with E-state index in [1.165, 1.54) is 25.0 Å². The Hall–Kier alpha value is -0.300. The van der Waals surface area contributed by atoms with Gasteiger partial charge in [0.2, 0.25) is 0 Å². The van der Waals surface area contributed by atoms with Crippen molar-refractivity contribution in [3.05, 3.63) is 27.2 Å². The van der Waals surface area contributed by atoms with Crippen molar-refractivity contribution in [2.75, 3.05) is 6.54 Å². The van der Waals surface area contributed by atoms with E-state index >= 15 is 0 Å². The largest absolute Gasteiger partial charge is 0.352 e. The predicted octanol–water partition coefficient (Wildman–Crippen LogP) is 3.95. The number of benzene rings is 1. The second kappa shape index (κ2) is 6.86. The Labute approximate surface area is 141 Å². The maximum Gasteiger partial charge on any atom is 0.262 e. The third-order valence-corrected chi connectivity index (χ3v) is 6.53. The van der Waals surface area contributed by atoms with E-state index in [9.17, 15) is 13.2 Å². The molecule has 21 heavy (non-hydrogen) atoms. The van der Waals surface area contributed by atoms with Crippen LogP contribution < -0.4 is 5.32 Å². The van der Waals surface area contributed by atoms with E-state index < -0.39 is 9.05 Å². The quantitative estimate of drug-likeness (QED) is 0.758. The summed E-state index contributed by atoms with van der Waals surface area (Å²) in [5, 5.41) is 2.94. The SMILES string of the molecule is O=C(NCC1CCCC1)c1cc(Cl)c(Br)c(S(=O)(=O)Cl)c1. The summed E-state index contributed by atoms with van der Waals surface area (Å²) in [6.45, 7) is 0.593. The Balaban J connectivity index is 2.19. The standard InChI is InChI=1S/C13H14BrCl2NO3S/c14-12-10(15)5-9(6-11(12)21(16,19)20)13(18)17-7-8-3-1-2-4-8/h5-6,8H,1-4,7H2,(H,17,18). The summed E-state index contributed by atoms with van der Waals surface area (Å²) in [7, 11) is 1.36. The summed E-state index contributed by atoms with van der Waals surface area (Å²) in [6.07, 6.45) is 4.62. The van der Waals surface area contributed by atoms with Gasteiger partial charge >= 0.3 is 0 Å². The van der Waals surface area contributed by atoms with E-state index in [0.29, 0.717) is 12.5 Å². The van der Waals surface area contributed by atoms with Crippen molar-refractivity contribution in [2.24, 2.45) is 5.92 Å². The molecule has 1 amide bonds. The van der Waals surface area contributed by atoms with E-state index in [0.717, 1.165) is 12.8 Å². The highest BCUT2D eigenvalue weighted by atomic mass is 79.9. The summed E-state index contributed by atoms with van der Waals surface area (Å²) in [5.74, 6) is 0.147. The van der Waals surface area contributed by atoms with Crippen LogP contribution in [0, 0.1) is 5.92 Å². The third-order valence-electron chi connectivity index (χ3n) is 3.55. The second-order valence-corrected chi connectivity index (χ2v) is 8.80. The molecule has 2 rings (SSSR count). The van der Waals surface area contributed by atoms with Gasteiger partial charge in [0.1, 0.15) is 0 Å². The first-order chi connectivity index (χ1) is 9.79. The molecule has 0 bridgehead atoms. The summed E-state index contributed by atoms with van der Waals surface area (Å²) >= 11 is 9.01. The van der Waals surface area contributed by atoms with E-state index in [1.54, 1.807) is 0 Å². The van der Waals surface area contributed by atoms with Crippen molar-refractivity contribution in [3.63, 3.8) is 0 Å². The Morgan fingerprint density at radius 3 is 2.52 bits per heavy atom. The van der Waals surface area contributed by atoms with Crippen molar-refractivity contribution in [2.45, 2.75) is 30.6 Å². The van der Waals surface area contributed by atoms with Gasteiger partial charge in [-0.2, -0.15) is 0 Å². The maximum atomic E-state index is 12.1. The van der Waals surface area contributed by atoms with Gasteiger partial charge in [0, 0.05) is 22.8 Å². The summed E-state index contributed by atoms with van der Waals surface area (Å²) < 4.78 is 23.1. The average molecular weight is 415 g/mol. The molecule has 0 atom stereocenters. The first-order valence-corrected chi connectivity index (χ1v) is 9.99. The van der Waals surface area contributed by atoms with Crippen LogP contribution in [-0.2, 0) is 9.05 Å². The molecule has 0 radical (unpaired) electrons. The molecule has 116 valence electrons. The lowest BCUT2D eigenvalue weighted by Gasteiger charge is -2.12. The van der Waals surface area contributed by atoms with Crippen molar-refractivity contribution in [1.82, 2.24) is 5.32 Å². The van der Waals surface area contributed by atoms with Gasteiger partial charge in [-0.15, -0.1) is 0 Å². The number of carbonyl (C=O) groups is 1. The number of halogens is 3. The van der Waals surface area contributed by atoms with Gasteiger partial charge in [-0.3, -0.25) is 4.79 Å². The predicted molar refractivity (Wildman–Crippen MR) is 86.5 cm³/mol. The summed E-state index contributed by atoms with van der Waals surface area (Å²) in [6, 6.07) is 2.64. The Kier molecular flexibility index (Phi) is 5.57. The van der Waals surface area contributed by atoms with Crippen LogP contribution in [-0.4, -0.2) is 20.9 Å². The molecule has 0 spiro atoms. The third kappa shape index (κ3) is 4.34. The fourth-order valence-corrected chi connectivity index (χ4v) is 4.81. The smallest absolute Gasteiger partial charge is 0.262 e. The van der Waals surface area contributed by atoms with Gasteiger partial charge in [-0.05, 0) is 46.8 Å². The topological polar surface area (TPSA) is 63.2 Å². The van der Waals surface area contributed by atoms with Gasteiger partial charge in [0.05, 0.1) is 14.4 Å². The van der Waals surface area contributed by atoms with Crippen LogP contribution in [0.3, 0.4) is 0 Å². The molecule has 1 aromatic rings. The van der Waals surface area contributed by atoms with E-state index in [-0.39, 0.29) is 25.9 Å². The molecular formula is C13H14BrCl2NO3S. The Morgan fingerprint density at radius 2 is 1.95 bits per heavy atom. The molecule has 1 aliphatic rings. The molecule has 4 nitrogen and oxygen atoms in total. The van der Waals surface area contributed by atoms with Crippen molar-refractivity contribution in [3.8, 4) is 0 Å². The van der Waals surface area contributed by atoms with Crippen LogP contribution in [0.4, 0.5) is 0 Å². The lowest BCUT2D eigenvalue weighted by molar-refractivity contribution is 0.0947. The van der Waals surface area contributed by atoms with Crippen molar-refractivity contribution < 1.29 is 13.2 Å². The molecule has 1 aromatic carbocycles. The molecule has 0 unspecified atom stereocenters. The number of rotatable bonds is 4. The van der Waals surface area contributed by atoms with E-state index in [4.69, 9.17) is 22.3 Å². The molecule has 1 saturated carbocycles. The number of hydrogen-bond acceptors (Lipinski definition) is 3. The molecule has 1 aliphatic carbocycles. The Bertz CT molecular complexity index is 658. The minimum atomic E-state index is -3.98. The van der Waals surface area contributed by atoms with E-state index in [1.807, 2.05) is 0 Å². The minimum absolute atomic E-state index is 0.128. The number of amides is 1. The molecule has 0 saturated heterocycles. The fourth-order valence-electron chi connectivity index (χ4n) is 2.43. The lowest BCUT2D eigenvalue weighted by Crippen LogP contribution is -2.28. The summed E-state index contributed by atoms with van der Waals surface area (Å²) in [5.41, 5.74) is 0.181. The second-order valence-electron chi connectivity index (χ2n) is 5.07. The Morgan fingerprint density at radius 1 is 1.33 bits per heavy atom. The molecule has 1 N–H and O–H groups in total. The van der Waals surface area contributed by atoms with Crippen LogP contribution in [0.1, 0.15) is 36.0 Å². The van der Waals surface area contributed by atoms with Gasteiger partial charge in [0.15, 0.2) is 0 Å². The molecule has 8 heteroatoms. The number of hydrogen-bond donors (Lipinski definition) is 1. The van der Waals surface area contributed by atoms with Crippen LogP contribution in [0.2, 0.25) is 5.02 Å². The molecule has 0 aliphatic heterocycles. The highest BCUT2D eigenvalue weighted by molar-refractivity contribution is 9.10. The molecule has 1 fully saturated rings. The highest BCUT2D eigenvalue weighted by Crippen LogP contribution is 2.33. The normalized spacial score (nSPS) is 16.1. The minimum Gasteiger partial charge on any atom is -0.352 e. The first-order valence-electron chi connectivity index (χ1n) is 6.51. The van der Waals surface area contributed by atoms with Gasteiger partial charge in [-0.25, -0.2) is 8.42 Å². The maximum absolute atomic E-state index is 12.1. The highest BCUT2D eigenvalue weighted by Gasteiger charge is 2.21. The molecular weight excluding hydrogens is 401 g/mol. The molecule has 0 aromatic heterocycles. The number of nitrogens with one attached hydrogen (secondary N) is 1. The van der Waals surface area contributed by atoms with Gasteiger partial charge in [-0.1, -0.05) is 24.4 Å². The first kappa shape index (κ1) is 17.1. The zero-order valence-electron chi connectivity index (χ0n) is 11.0. The van der Waals surface area contributed by atoms with Crippen LogP contribution in [0.25, 0.3) is 0 Å².